The predicted molar refractivity (Wildman–Crippen MR) is 57.3 cm³/mol. The van der Waals surface area contributed by atoms with Crippen LogP contribution in [0.1, 0.15) is 0 Å². The van der Waals surface area contributed by atoms with Gasteiger partial charge in [-0.2, -0.15) is 30.7 Å². The van der Waals surface area contributed by atoms with Crippen LogP contribution in [0.2, 0.25) is 0 Å². The van der Waals surface area contributed by atoms with E-state index in [-0.39, 0.29) is 6.20 Å². The molecule has 0 fully saturated rings. The Labute approximate surface area is 115 Å². The number of aromatic nitrogens is 2. The molecule has 1 rings (SSSR count). The van der Waals surface area contributed by atoms with Gasteiger partial charge in [0.1, 0.15) is 12.3 Å². The van der Waals surface area contributed by atoms with Crippen LogP contribution in [0, 0.1) is 5.82 Å². The fourth-order valence-corrected chi connectivity index (χ4v) is 3.07. The van der Waals surface area contributed by atoms with Gasteiger partial charge in [0.15, 0.2) is 0 Å². The summed E-state index contributed by atoms with van der Waals surface area (Å²) < 4.78 is 101. The first-order chi connectivity index (χ1) is 9.71. The standard InChI is InChI=1S/C8H6F7N2O4P/c9-4-1-17(6(19)16-5(4)18)21-22(20,2-7(10,11)12)3-8(13,14)15/h1H,2-3H2,(H,16,18,19). The van der Waals surface area contributed by atoms with Gasteiger partial charge in [-0.3, -0.25) is 14.3 Å². The average Bonchev–Trinajstić information content (AvgIpc) is 2.19. The van der Waals surface area contributed by atoms with Gasteiger partial charge >= 0.3 is 18.0 Å². The minimum atomic E-state index is -5.52. The van der Waals surface area contributed by atoms with E-state index in [0.29, 0.717) is 0 Å². The number of H-pyrrole nitrogens is 1. The lowest BCUT2D eigenvalue weighted by Gasteiger charge is -2.21. The topological polar surface area (TPSA) is 81.2 Å². The second-order valence-electron chi connectivity index (χ2n) is 4.00. The highest BCUT2D eigenvalue weighted by atomic mass is 31.2. The monoisotopic (exact) mass is 358 g/mol. The molecule has 0 aromatic carbocycles. The molecule has 0 unspecified atom stereocenters. The van der Waals surface area contributed by atoms with Crippen molar-refractivity contribution in [3.8, 4) is 0 Å². The van der Waals surface area contributed by atoms with Gasteiger partial charge in [-0.1, -0.05) is 0 Å². The Balaban J connectivity index is 3.25. The van der Waals surface area contributed by atoms with Crippen LogP contribution in [0.3, 0.4) is 0 Å². The van der Waals surface area contributed by atoms with E-state index >= 15 is 0 Å². The molecular formula is C8H6F7N2O4P. The zero-order valence-corrected chi connectivity index (χ0v) is 11.1. The van der Waals surface area contributed by atoms with Gasteiger partial charge in [0, 0.05) is 0 Å². The Morgan fingerprint density at radius 1 is 1.09 bits per heavy atom. The van der Waals surface area contributed by atoms with Crippen LogP contribution >= 0.6 is 7.37 Å². The van der Waals surface area contributed by atoms with E-state index in [4.69, 9.17) is 0 Å². The van der Waals surface area contributed by atoms with Crippen LogP contribution in [0.25, 0.3) is 0 Å². The van der Waals surface area contributed by atoms with E-state index in [1.54, 1.807) is 0 Å². The molecule has 0 spiro atoms. The Bertz CT molecular complexity index is 684. The molecule has 1 aromatic rings. The van der Waals surface area contributed by atoms with Gasteiger partial charge in [-0.25, -0.2) is 4.79 Å². The summed E-state index contributed by atoms with van der Waals surface area (Å²) in [6, 6.07) is 0. The number of rotatable bonds is 4. The van der Waals surface area contributed by atoms with E-state index in [1.807, 2.05) is 0 Å². The van der Waals surface area contributed by atoms with Crippen LogP contribution < -0.4 is 15.9 Å². The summed E-state index contributed by atoms with van der Waals surface area (Å²) in [5, 5.41) is 0. The first-order valence-corrected chi connectivity index (χ1v) is 7.13. The van der Waals surface area contributed by atoms with Gasteiger partial charge in [-0.15, -0.1) is 4.73 Å². The van der Waals surface area contributed by atoms with Crippen LogP contribution in [0.5, 0.6) is 0 Å². The molecule has 6 nitrogen and oxygen atoms in total. The summed E-state index contributed by atoms with van der Waals surface area (Å²) in [6.07, 6.45) is -15.7. The van der Waals surface area contributed by atoms with Crippen molar-refractivity contribution < 1.29 is 39.9 Å². The molecule has 1 heterocycles. The molecule has 0 amide bonds. The van der Waals surface area contributed by atoms with Crippen molar-refractivity contribution in [3.05, 3.63) is 32.9 Å². The van der Waals surface area contributed by atoms with E-state index in [0.717, 1.165) is 0 Å². The number of nitrogens with zero attached hydrogens (tertiary/aromatic N) is 1. The van der Waals surface area contributed by atoms with Crippen molar-refractivity contribution >= 4 is 7.37 Å². The summed E-state index contributed by atoms with van der Waals surface area (Å²) >= 11 is 0. The normalized spacial score (nSPS) is 13.2. The second-order valence-corrected chi connectivity index (χ2v) is 6.43. The average molecular weight is 358 g/mol. The highest BCUT2D eigenvalue weighted by molar-refractivity contribution is 7.59. The maximum absolute atomic E-state index is 12.9. The van der Waals surface area contributed by atoms with Crippen molar-refractivity contribution in [3.63, 3.8) is 0 Å². The summed E-state index contributed by atoms with van der Waals surface area (Å²) in [6.45, 7) is 0. The Kier molecular flexibility index (Phi) is 4.80. The fraction of sp³-hybridized carbons (Fsp3) is 0.500. The highest BCUT2D eigenvalue weighted by Crippen LogP contribution is 2.51. The summed E-state index contributed by atoms with van der Waals surface area (Å²) in [5.41, 5.74) is -3.26. The molecular weight excluding hydrogens is 352 g/mol. The van der Waals surface area contributed by atoms with Gasteiger partial charge in [-0.05, 0) is 0 Å². The third-order valence-electron chi connectivity index (χ3n) is 1.95. The number of alkyl halides is 6. The van der Waals surface area contributed by atoms with Gasteiger partial charge < -0.3 is 4.62 Å². The lowest BCUT2D eigenvalue weighted by molar-refractivity contribution is -0.115. The quantitative estimate of drug-likeness (QED) is 0.654. The summed E-state index contributed by atoms with van der Waals surface area (Å²) in [5.74, 6) is -1.73. The van der Waals surface area contributed by atoms with Gasteiger partial charge in [0.05, 0.1) is 6.20 Å². The predicted octanol–water partition coefficient (Wildman–Crippen LogP) is 1.51. The molecule has 0 aliphatic carbocycles. The second kappa shape index (κ2) is 5.78. The number of nitrogens with one attached hydrogen (secondary N) is 1. The van der Waals surface area contributed by atoms with Crippen molar-refractivity contribution in [1.29, 1.82) is 0 Å². The molecule has 0 atom stereocenters. The number of aromatic amines is 1. The number of hydrogen-bond acceptors (Lipinski definition) is 4. The van der Waals surface area contributed by atoms with Crippen molar-refractivity contribution in [2.24, 2.45) is 0 Å². The van der Waals surface area contributed by atoms with Crippen LogP contribution in [-0.2, 0) is 4.57 Å². The first-order valence-electron chi connectivity index (χ1n) is 5.14. The van der Waals surface area contributed by atoms with E-state index in [1.165, 1.54) is 4.98 Å². The molecule has 0 saturated carbocycles. The highest BCUT2D eigenvalue weighted by Gasteiger charge is 2.48. The zero-order chi connectivity index (χ0) is 17.3. The lowest BCUT2D eigenvalue weighted by Crippen LogP contribution is -2.36. The Hall–Kier alpha value is -1.78. The van der Waals surface area contributed by atoms with Crippen LogP contribution in [0.15, 0.2) is 15.8 Å². The molecule has 1 aromatic heterocycles. The molecule has 1 N–H and O–H groups in total. The van der Waals surface area contributed by atoms with E-state index in [2.05, 4.69) is 4.62 Å². The van der Waals surface area contributed by atoms with Crippen molar-refractivity contribution in [2.45, 2.75) is 12.4 Å². The smallest absolute Gasteiger partial charge is 0.353 e. The molecule has 0 radical (unpaired) electrons. The SMILES string of the molecule is O=c1[nH]c(=O)n(OP(=O)(CC(F)(F)F)CC(F)(F)F)cc1F. The van der Waals surface area contributed by atoms with Crippen molar-refractivity contribution in [2.75, 3.05) is 12.3 Å². The lowest BCUT2D eigenvalue weighted by atomic mass is 10.6. The van der Waals surface area contributed by atoms with Crippen LogP contribution in [-0.4, -0.2) is 34.4 Å². The minimum Gasteiger partial charge on any atom is -0.353 e. The Morgan fingerprint density at radius 3 is 1.95 bits per heavy atom. The maximum atomic E-state index is 12.9. The van der Waals surface area contributed by atoms with E-state index in [9.17, 15) is 44.9 Å². The van der Waals surface area contributed by atoms with E-state index < -0.39 is 53.8 Å². The minimum absolute atomic E-state index is 0.111. The summed E-state index contributed by atoms with van der Waals surface area (Å²) in [4.78, 5) is 23.0. The zero-order valence-electron chi connectivity index (χ0n) is 10.2. The van der Waals surface area contributed by atoms with Gasteiger partial charge in [0.25, 0.3) is 12.9 Å². The largest absolute Gasteiger partial charge is 0.399 e. The van der Waals surface area contributed by atoms with Crippen LogP contribution in [0.4, 0.5) is 30.7 Å². The third-order valence-corrected chi connectivity index (χ3v) is 4.10. The molecule has 14 heteroatoms. The molecule has 0 aliphatic rings. The van der Waals surface area contributed by atoms with Gasteiger partial charge in [0.2, 0.25) is 5.82 Å². The first kappa shape index (κ1) is 18.3. The number of halogens is 7. The summed E-state index contributed by atoms with van der Waals surface area (Å²) in [7, 11) is -5.52. The molecule has 0 saturated heterocycles. The maximum Gasteiger partial charge on any atom is 0.399 e. The Morgan fingerprint density at radius 2 is 1.55 bits per heavy atom. The fourth-order valence-electron chi connectivity index (χ4n) is 1.31. The van der Waals surface area contributed by atoms with Crippen molar-refractivity contribution in [1.82, 2.24) is 9.71 Å². The molecule has 0 bridgehead atoms. The third kappa shape index (κ3) is 5.54. The molecule has 0 aliphatic heterocycles. The molecule has 126 valence electrons. The molecule has 22 heavy (non-hydrogen) atoms. The number of hydrogen-bond donors (Lipinski definition) is 1.